The second kappa shape index (κ2) is 6.78. The Balaban J connectivity index is 1.70. The van der Waals surface area contributed by atoms with E-state index in [4.69, 9.17) is 4.74 Å². The lowest BCUT2D eigenvalue weighted by atomic mass is 10.1. The predicted molar refractivity (Wildman–Crippen MR) is 70.3 cm³/mol. The predicted octanol–water partition coefficient (Wildman–Crippen LogP) is 0.642. The van der Waals surface area contributed by atoms with E-state index in [0.717, 1.165) is 44.1 Å². The number of morpholine rings is 1. The van der Waals surface area contributed by atoms with Crippen LogP contribution in [0.1, 0.15) is 24.7 Å². The molecule has 1 aliphatic heterocycles. The van der Waals surface area contributed by atoms with Crippen molar-refractivity contribution in [3.63, 3.8) is 0 Å². The summed E-state index contributed by atoms with van der Waals surface area (Å²) in [7, 11) is 0. The minimum absolute atomic E-state index is 0.437. The van der Waals surface area contributed by atoms with Gasteiger partial charge in [0.2, 0.25) is 0 Å². The van der Waals surface area contributed by atoms with E-state index in [1.165, 1.54) is 0 Å². The van der Waals surface area contributed by atoms with Crippen molar-refractivity contribution in [2.45, 2.75) is 38.9 Å². The number of ether oxygens (including phenoxy) is 1. The lowest BCUT2D eigenvalue weighted by Gasteiger charge is -2.26. The number of nitrogens with one attached hydrogen (secondary N) is 2. The molecule has 0 radical (unpaired) electrons. The molecule has 1 aliphatic rings. The van der Waals surface area contributed by atoms with E-state index in [2.05, 4.69) is 27.5 Å². The molecular weight excluding hydrogens is 228 g/mol. The molecule has 1 fully saturated rings. The standard InChI is InChI=1S/C13H22N4O/c1-10(5-12-9-18-4-3-14-12)15-7-13-8-16-11(2)6-17-13/h6,8,10,12,14-15H,3-5,7,9H2,1-2H3. The molecule has 2 atom stereocenters. The molecule has 1 aromatic rings. The number of nitrogens with zero attached hydrogens (tertiary/aromatic N) is 2. The van der Waals surface area contributed by atoms with Gasteiger partial charge in [0, 0.05) is 37.6 Å². The summed E-state index contributed by atoms with van der Waals surface area (Å²) in [6, 6.07) is 0.901. The Labute approximate surface area is 108 Å². The molecule has 0 bridgehead atoms. The highest BCUT2D eigenvalue weighted by atomic mass is 16.5. The van der Waals surface area contributed by atoms with Gasteiger partial charge in [-0.3, -0.25) is 9.97 Å². The van der Waals surface area contributed by atoms with Crippen LogP contribution < -0.4 is 10.6 Å². The van der Waals surface area contributed by atoms with Gasteiger partial charge < -0.3 is 15.4 Å². The van der Waals surface area contributed by atoms with Crippen LogP contribution in [0.5, 0.6) is 0 Å². The molecule has 0 aromatic carbocycles. The summed E-state index contributed by atoms with van der Waals surface area (Å²) in [6.07, 6.45) is 4.70. The highest BCUT2D eigenvalue weighted by Gasteiger charge is 2.15. The van der Waals surface area contributed by atoms with E-state index in [0.29, 0.717) is 12.1 Å². The Morgan fingerprint density at radius 2 is 2.39 bits per heavy atom. The topological polar surface area (TPSA) is 59.1 Å². The lowest BCUT2D eigenvalue weighted by molar-refractivity contribution is 0.0712. The molecule has 0 spiro atoms. The molecule has 1 aromatic heterocycles. The van der Waals surface area contributed by atoms with Gasteiger partial charge >= 0.3 is 0 Å². The molecule has 2 heterocycles. The first-order valence-corrected chi connectivity index (χ1v) is 6.56. The third-order valence-electron chi connectivity index (χ3n) is 3.10. The van der Waals surface area contributed by atoms with Gasteiger partial charge in [-0.1, -0.05) is 0 Å². The van der Waals surface area contributed by atoms with Crippen LogP contribution in [0.4, 0.5) is 0 Å². The Hall–Kier alpha value is -1.04. The Morgan fingerprint density at radius 3 is 3.06 bits per heavy atom. The zero-order chi connectivity index (χ0) is 12.8. The van der Waals surface area contributed by atoms with Crippen LogP contribution in [0, 0.1) is 6.92 Å². The van der Waals surface area contributed by atoms with Crippen molar-refractivity contribution >= 4 is 0 Å². The molecule has 2 unspecified atom stereocenters. The average molecular weight is 250 g/mol. The first kappa shape index (κ1) is 13.4. The van der Waals surface area contributed by atoms with E-state index >= 15 is 0 Å². The zero-order valence-corrected chi connectivity index (χ0v) is 11.1. The van der Waals surface area contributed by atoms with E-state index in [1.807, 2.05) is 13.1 Å². The van der Waals surface area contributed by atoms with E-state index < -0.39 is 0 Å². The normalized spacial score (nSPS) is 21.8. The second-order valence-corrected chi connectivity index (χ2v) is 4.89. The van der Waals surface area contributed by atoms with Crippen LogP contribution in [0.15, 0.2) is 12.4 Å². The molecule has 2 N–H and O–H groups in total. The van der Waals surface area contributed by atoms with Crippen molar-refractivity contribution in [1.29, 1.82) is 0 Å². The van der Waals surface area contributed by atoms with Crippen molar-refractivity contribution in [3.8, 4) is 0 Å². The molecular formula is C13H22N4O. The summed E-state index contributed by atoms with van der Waals surface area (Å²) in [5, 5.41) is 6.93. The SMILES string of the molecule is Cc1cnc(CNC(C)CC2COCCN2)cn1. The van der Waals surface area contributed by atoms with Crippen LogP contribution in [-0.2, 0) is 11.3 Å². The fraction of sp³-hybridized carbons (Fsp3) is 0.692. The largest absolute Gasteiger partial charge is 0.379 e. The van der Waals surface area contributed by atoms with Gasteiger partial charge in [0.15, 0.2) is 0 Å². The van der Waals surface area contributed by atoms with Crippen molar-refractivity contribution in [1.82, 2.24) is 20.6 Å². The number of aromatic nitrogens is 2. The van der Waals surface area contributed by atoms with Gasteiger partial charge in [0.25, 0.3) is 0 Å². The molecule has 0 saturated carbocycles. The van der Waals surface area contributed by atoms with Crippen LogP contribution in [0.25, 0.3) is 0 Å². The van der Waals surface area contributed by atoms with Crippen molar-refractivity contribution in [3.05, 3.63) is 23.8 Å². The first-order chi connectivity index (χ1) is 8.74. The molecule has 5 heteroatoms. The molecule has 100 valence electrons. The minimum Gasteiger partial charge on any atom is -0.379 e. The van der Waals surface area contributed by atoms with Crippen molar-refractivity contribution in [2.24, 2.45) is 0 Å². The number of hydrogen-bond acceptors (Lipinski definition) is 5. The second-order valence-electron chi connectivity index (χ2n) is 4.89. The Bertz CT molecular complexity index is 349. The monoisotopic (exact) mass is 250 g/mol. The summed E-state index contributed by atoms with van der Waals surface area (Å²) < 4.78 is 5.45. The third kappa shape index (κ3) is 4.33. The lowest BCUT2D eigenvalue weighted by Crippen LogP contribution is -2.44. The van der Waals surface area contributed by atoms with Gasteiger partial charge in [0.05, 0.1) is 24.6 Å². The van der Waals surface area contributed by atoms with Crippen LogP contribution in [0.2, 0.25) is 0 Å². The summed E-state index contributed by atoms with van der Waals surface area (Å²) in [5.41, 5.74) is 1.94. The molecule has 0 aliphatic carbocycles. The summed E-state index contributed by atoms with van der Waals surface area (Å²) in [5.74, 6) is 0. The summed E-state index contributed by atoms with van der Waals surface area (Å²) >= 11 is 0. The van der Waals surface area contributed by atoms with Crippen molar-refractivity contribution < 1.29 is 4.74 Å². The van der Waals surface area contributed by atoms with Crippen LogP contribution in [0.3, 0.4) is 0 Å². The average Bonchev–Trinajstić information content (AvgIpc) is 2.39. The smallest absolute Gasteiger partial charge is 0.0724 e. The van der Waals surface area contributed by atoms with Crippen molar-refractivity contribution in [2.75, 3.05) is 19.8 Å². The fourth-order valence-electron chi connectivity index (χ4n) is 2.07. The maximum atomic E-state index is 5.45. The van der Waals surface area contributed by atoms with Gasteiger partial charge in [-0.25, -0.2) is 0 Å². The zero-order valence-electron chi connectivity index (χ0n) is 11.1. The molecule has 2 rings (SSSR count). The highest BCUT2D eigenvalue weighted by molar-refractivity contribution is 5.00. The van der Waals surface area contributed by atoms with Gasteiger partial charge in [0.1, 0.15) is 0 Å². The highest BCUT2D eigenvalue weighted by Crippen LogP contribution is 2.03. The molecule has 5 nitrogen and oxygen atoms in total. The minimum atomic E-state index is 0.437. The molecule has 1 saturated heterocycles. The Morgan fingerprint density at radius 1 is 1.50 bits per heavy atom. The number of rotatable bonds is 5. The van der Waals surface area contributed by atoms with E-state index in [-0.39, 0.29) is 0 Å². The summed E-state index contributed by atoms with van der Waals surface area (Å²) in [4.78, 5) is 8.57. The van der Waals surface area contributed by atoms with E-state index in [9.17, 15) is 0 Å². The quantitative estimate of drug-likeness (QED) is 0.803. The number of hydrogen-bond donors (Lipinski definition) is 2. The number of aryl methyl sites for hydroxylation is 1. The molecule has 18 heavy (non-hydrogen) atoms. The molecule has 0 amide bonds. The van der Waals surface area contributed by atoms with Crippen LogP contribution >= 0.6 is 0 Å². The fourth-order valence-corrected chi connectivity index (χ4v) is 2.07. The van der Waals surface area contributed by atoms with Crippen LogP contribution in [-0.4, -0.2) is 41.8 Å². The maximum Gasteiger partial charge on any atom is 0.0724 e. The first-order valence-electron chi connectivity index (χ1n) is 6.56. The van der Waals surface area contributed by atoms with Gasteiger partial charge in [-0.2, -0.15) is 0 Å². The Kier molecular flexibility index (Phi) is 5.04. The van der Waals surface area contributed by atoms with Gasteiger partial charge in [-0.15, -0.1) is 0 Å². The van der Waals surface area contributed by atoms with Gasteiger partial charge in [-0.05, 0) is 20.3 Å². The third-order valence-corrected chi connectivity index (χ3v) is 3.10. The summed E-state index contributed by atoms with van der Waals surface area (Å²) in [6.45, 7) is 7.51. The maximum absolute atomic E-state index is 5.45. The van der Waals surface area contributed by atoms with E-state index in [1.54, 1.807) is 6.20 Å².